The summed E-state index contributed by atoms with van der Waals surface area (Å²) in [5.41, 5.74) is 2.04. The fourth-order valence-corrected chi connectivity index (χ4v) is 3.40. The zero-order chi connectivity index (χ0) is 26.0. The van der Waals surface area contributed by atoms with Crippen molar-refractivity contribution in [1.29, 1.82) is 0 Å². The van der Waals surface area contributed by atoms with Crippen molar-refractivity contribution < 1.29 is 8.42 Å². The van der Waals surface area contributed by atoms with E-state index in [0.29, 0.717) is 6.04 Å². The predicted molar refractivity (Wildman–Crippen MR) is 138 cm³/mol. The van der Waals surface area contributed by atoms with Gasteiger partial charge in [-0.25, -0.2) is 18.1 Å². The lowest BCUT2D eigenvalue weighted by atomic mass is 10.2. The van der Waals surface area contributed by atoms with Crippen molar-refractivity contribution in [3.8, 4) is 11.3 Å². The van der Waals surface area contributed by atoms with Crippen molar-refractivity contribution in [2.45, 2.75) is 44.8 Å². The highest BCUT2D eigenvalue weighted by Crippen LogP contribution is 2.15. The van der Waals surface area contributed by atoms with E-state index < -0.39 is 10.0 Å². The molecule has 1 N–H and O–H groups in total. The maximum Gasteiger partial charge on any atom is 0.259 e. The summed E-state index contributed by atoms with van der Waals surface area (Å²) in [6.45, 7) is 25.7. The number of nitrogens with one attached hydrogen (secondary N) is 1. The lowest BCUT2D eigenvalue weighted by Gasteiger charge is -2.06. The summed E-state index contributed by atoms with van der Waals surface area (Å²) in [4.78, 5) is 5.48. The van der Waals surface area contributed by atoms with Crippen LogP contribution in [0.1, 0.15) is 33.7 Å². The smallest absolute Gasteiger partial charge is 0.259 e. The molecule has 182 valence electrons. The van der Waals surface area contributed by atoms with Crippen LogP contribution >= 0.6 is 0 Å². The van der Waals surface area contributed by atoms with Gasteiger partial charge in [0.15, 0.2) is 5.03 Å². The summed E-state index contributed by atoms with van der Waals surface area (Å²) < 4.78 is 27.0. The van der Waals surface area contributed by atoms with Crippen molar-refractivity contribution in [3.63, 3.8) is 0 Å². The normalized spacial score (nSPS) is 9.79. The van der Waals surface area contributed by atoms with Gasteiger partial charge in [0.1, 0.15) is 5.69 Å². The molecular formula is C24H38N6O2S. The van der Waals surface area contributed by atoms with E-state index in [-0.39, 0.29) is 11.1 Å². The Morgan fingerprint density at radius 3 is 1.88 bits per heavy atom. The number of benzene rings is 1. The molecule has 0 amide bonds. The monoisotopic (exact) mass is 474 g/mol. The third kappa shape index (κ3) is 11.8. The van der Waals surface area contributed by atoms with Crippen LogP contribution in [0.2, 0.25) is 0 Å². The van der Waals surface area contributed by atoms with Crippen molar-refractivity contribution in [2.75, 3.05) is 0 Å². The Morgan fingerprint density at radius 2 is 1.48 bits per heavy atom. The quantitative estimate of drug-likeness (QED) is 0.523. The Bertz CT molecular complexity index is 990. The number of nitrogens with zero attached hydrogens (tertiary/aromatic N) is 5. The first-order valence-corrected chi connectivity index (χ1v) is 11.6. The highest BCUT2D eigenvalue weighted by molar-refractivity contribution is 7.89. The van der Waals surface area contributed by atoms with Gasteiger partial charge in [-0.05, 0) is 27.7 Å². The van der Waals surface area contributed by atoms with Crippen LogP contribution in [0.25, 0.3) is 11.3 Å². The molecule has 1 aromatic carbocycles. The number of imidazole rings is 1. The second kappa shape index (κ2) is 17.3. The van der Waals surface area contributed by atoms with Crippen LogP contribution in [0.3, 0.4) is 0 Å². The zero-order valence-electron chi connectivity index (χ0n) is 20.5. The Morgan fingerprint density at radius 1 is 0.939 bits per heavy atom. The molecule has 2 aromatic heterocycles. The molecule has 33 heavy (non-hydrogen) atoms. The summed E-state index contributed by atoms with van der Waals surface area (Å²) in [6.07, 6.45) is 4.72. The molecule has 0 saturated carbocycles. The molecule has 0 bridgehead atoms. The van der Waals surface area contributed by atoms with Gasteiger partial charge in [-0.3, -0.25) is 0 Å². The third-order valence-corrected chi connectivity index (χ3v) is 4.93. The van der Waals surface area contributed by atoms with Crippen LogP contribution in [0.4, 0.5) is 0 Å². The highest BCUT2D eigenvalue weighted by Gasteiger charge is 2.17. The summed E-state index contributed by atoms with van der Waals surface area (Å²) in [7, 11) is -1.70. The minimum Gasteiger partial charge on any atom is -0.339 e. The number of hydrogen-bond acceptors (Lipinski definition) is 5. The standard InChI is InChI=1S/C11H13N3.C7H13N3O2S.3C2H4/c1-9(2)14-12-8-11(13-14)10-6-4-3-5-7-10;1-6(2)9-13(11,12)7-4-10(3)5-8-7;3*1-2/h3-9H,1-2H3;4-6,9H,1-3H3;3*1-2H2. The maximum atomic E-state index is 11.5. The van der Waals surface area contributed by atoms with Gasteiger partial charge in [-0.1, -0.05) is 30.3 Å². The Balaban J connectivity index is 0. The number of sulfonamides is 1. The average Bonchev–Trinajstić information content (AvgIpc) is 3.48. The molecule has 3 aromatic rings. The van der Waals surface area contributed by atoms with E-state index in [9.17, 15) is 8.42 Å². The summed E-state index contributed by atoms with van der Waals surface area (Å²) in [5, 5.41) is 8.64. The molecule has 9 heteroatoms. The van der Waals surface area contributed by atoms with E-state index in [4.69, 9.17) is 0 Å². The van der Waals surface area contributed by atoms with Crippen LogP contribution < -0.4 is 4.72 Å². The number of hydrogen-bond donors (Lipinski definition) is 1. The average molecular weight is 475 g/mol. The molecule has 3 rings (SSSR count). The van der Waals surface area contributed by atoms with Crippen LogP contribution in [-0.2, 0) is 17.1 Å². The van der Waals surface area contributed by atoms with Crippen molar-refractivity contribution >= 4 is 10.0 Å². The van der Waals surface area contributed by atoms with Crippen molar-refractivity contribution in [1.82, 2.24) is 29.3 Å². The van der Waals surface area contributed by atoms with Gasteiger partial charge in [0, 0.05) is 24.8 Å². The van der Waals surface area contributed by atoms with Gasteiger partial charge in [-0.2, -0.15) is 15.0 Å². The molecule has 0 fully saturated rings. The topological polar surface area (TPSA) is 94.7 Å². The highest BCUT2D eigenvalue weighted by atomic mass is 32.2. The molecule has 0 radical (unpaired) electrons. The van der Waals surface area contributed by atoms with E-state index in [1.807, 2.05) is 30.3 Å². The largest absolute Gasteiger partial charge is 0.339 e. The molecular weight excluding hydrogens is 436 g/mol. The Labute approximate surface area is 199 Å². The fraction of sp³-hybridized carbons (Fsp3) is 0.292. The lowest BCUT2D eigenvalue weighted by Crippen LogP contribution is -2.30. The molecule has 0 aliphatic carbocycles. The summed E-state index contributed by atoms with van der Waals surface area (Å²) in [5.74, 6) is 0. The first-order chi connectivity index (χ1) is 15.7. The second-order valence-electron chi connectivity index (χ2n) is 6.66. The molecule has 0 atom stereocenters. The molecule has 0 saturated heterocycles. The van der Waals surface area contributed by atoms with Crippen molar-refractivity contribution in [3.05, 3.63) is 88.5 Å². The zero-order valence-corrected chi connectivity index (χ0v) is 21.3. The first kappa shape index (κ1) is 31.9. The van der Waals surface area contributed by atoms with Crippen LogP contribution in [0.15, 0.2) is 93.6 Å². The van der Waals surface area contributed by atoms with Gasteiger partial charge in [0.25, 0.3) is 10.0 Å². The van der Waals surface area contributed by atoms with Crippen LogP contribution in [0.5, 0.6) is 0 Å². The van der Waals surface area contributed by atoms with E-state index in [2.05, 4.69) is 73.2 Å². The van der Waals surface area contributed by atoms with Gasteiger partial charge in [0.2, 0.25) is 0 Å². The van der Waals surface area contributed by atoms with Gasteiger partial charge >= 0.3 is 0 Å². The van der Waals surface area contributed by atoms with Crippen LogP contribution in [0, 0.1) is 0 Å². The van der Waals surface area contributed by atoms with Crippen molar-refractivity contribution in [2.24, 2.45) is 7.05 Å². The summed E-state index contributed by atoms with van der Waals surface area (Å²) >= 11 is 0. The lowest BCUT2D eigenvalue weighted by molar-refractivity contribution is 0.467. The molecule has 0 aliphatic heterocycles. The molecule has 0 unspecified atom stereocenters. The third-order valence-electron chi connectivity index (χ3n) is 3.39. The maximum absolute atomic E-state index is 11.5. The van der Waals surface area contributed by atoms with Crippen LogP contribution in [-0.4, -0.2) is 39.0 Å². The van der Waals surface area contributed by atoms with E-state index in [1.165, 1.54) is 12.5 Å². The van der Waals surface area contributed by atoms with Gasteiger partial charge in [-0.15, -0.1) is 39.5 Å². The van der Waals surface area contributed by atoms with E-state index in [0.717, 1.165) is 11.3 Å². The predicted octanol–water partition coefficient (Wildman–Crippen LogP) is 5.04. The second-order valence-corrected chi connectivity index (χ2v) is 8.32. The molecule has 0 spiro atoms. The summed E-state index contributed by atoms with van der Waals surface area (Å²) in [6, 6.07) is 10.3. The number of aryl methyl sites for hydroxylation is 1. The van der Waals surface area contributed by atoms with Gasteiger partial charge < -0.3 is 4.57 Å². The minimum atomic E-state index is -3.42. The van der Waals surface area contributed by atoms with E-state index in [1.54, 1.807) is 36.5 Å². The Hall–Kier alpha value is -3.30. The SMILES string of the molecule is C=C.C=C.C=C.CC(C)NS(=O)(=O)c1cn(C)cn1.CC(C)n1ncc(-c2ccccc2)n1. The van der Waals surface area contributed by atoms with Gasteiger partial charge in [0.05, 0.1) is 18.6 Å². The number of aromatic nitrogens is 5. The first-order valence-electron chi connectivity index (χ1n) is 10.2. The Kier molecular flexibility index (Phi) is 16.7. The molecule has 0 aliphatic rings. The fourth-order valence-electron chi connectivity index (χ4n) is 2.16. The minimum absolute atomic E-state index is 0.0590. The van der Waals surface area contributed by atoms with E-state index >= 15 is 0 Å². The molecule has 2 heterocycles. The molecule has 8 nitrogen and oxygen atoms in total. The number of rotatable bonds is 5.